The zero-order valence-corrected chi connectivity index (χ0v) is 18.7. The highest BCUT2D eigenvalue weighted by Gasteiger charge is 2.19. The lowest BCUT2D eigenvalue weighted by Crippen LogP contribution is -2.48. The zero-order valence-electron chi connectivity index (χ0n) is 16.4. The molecule has 0 atom stereocenters. The highest BCUT2D eigenvalue weighted by Crippen LogP contribution is 2.10. The largest absolute Gasteiger partial charge is 0.382 e. The summed E-state index contributed by atoms with van der Waals surface area (Å²) in [5, 5.41) is 6.97. The Morgan fingerprint density at radius 2 is 1.88 bits per heavy atom. The third-order valence-electron chi connectivity index (χ3n) is 4.21. The minimum absolute atomic E-state index is 0. The molecule has 0 spiro atoms. The number of methoxy groups -OCH3 is 1. The van der Waals surface area contributed by atoms with E-state index in [1.165, 1.54) is 38.9 Å². The fraction of sp³-hybridized carbons (Fsp3) is 0.944. The van der Waals surface area contributed by atoms with Crippen molar-refractivity contribution in [1.29, 1.82) is 0 Å². The molecule has 0 aromatic carbocycles. The first kappa shape index (κ1) is 24.9. The van der Waals surface area contributed by atoms with E-state index < -0.39 is 0 Å². The summed E-state index contributed by atoms with van der Waals surface area (Å²) in [5.74, 6) is 0.965. The molecule has 0 radical (unpaired) electrons. The van der Waals surface area contributed by atoms with E-state index >= 15 is 0 Å². The molecule has 0 aliphatic carbocycles. The van der Waals surface area contributed by atoms with Gasteiger partial charge in [0, 0.05) is 45.9 Å². The first-order valence-electron chi connectivity index (χ1n) is 9.64. The predicted molar refractivity (Wildman–Crippen MR) is 116 cm³/mol. The molecular formula is C18H39IN4O2. The van der Waals surface area contributed by atoms with Crippen molar-refractivity contribution in [3.63, 3.8) is 0 Å². The number of nitrogens with one attached hydrogen (secondary N) is 2. The minimum atomic E-state index is 0. The molecule has 0 aromatic heterocycles. The van der Waals surface area contributed by atoms with Crippen LogP contribution in [0, 0.1) is 0 Å². The van der Waals surface area contributed by atoms with E-state index in [9.17, 15) is 0 Å². The molecule has 0 unspecified atom stereocenters. The van der Waals surface area contributed by atoms with Crippen LogP contribution in [0.2, 0.25) is 0 Å². The maximum absolute atomic E-state index is 5.47. The maximum Gasteiger partial charge on any atom is 0.191 e. The van der Waals surface area contributed by atoms with Crippen molar-refractivity contribution in [2.24, 2.45) is 4.99 Å². The Balaban J connectivity index is 0.00000576. The number of hydrogen-bond acceptors (Lipinski definition) is 4. The molecule has 150 valence electrons. The minimum Gasteiger partial charge on any atom is -0.382 e. The van der Waals surface area contributed by atoms with Crippen LogP contribution in [0.4, 0.5) is 0 Å². The van der Waals surface area contributed by atoms with Crippen LogP contribution in [0.3, 0.4) is 0 Å². The third-order valence-corrected chi connectivity index (χ3v) is 4.21. The first-order valence-corrected chi connectivity index (χ1v) is 9.64. The molecule has 0 aromatic rings. The summed E-state index contributed by atoms with van der Waals surface area (Å²) in [4.78, 5) is 7.26. The summed E-state index contributed by atoms with van der Waals surface area (Å²) in [6.07, 6.45) is 5.76. The highest BCUT2D eigenvalue weighted by molar-refractivity contribution is 14.0. The van der Waals surface area contributed by atoms with Gasteiger partial charge in [-0.1, -0.05) is 6.92 Å². The number of hydrogen-bond donors (Lipinski definition) is 2. The number of rotatable bonds is 12. The van der Waals surface area contributed by atoms with Crippen molar-refractivity contribution in [2.75, 3.05) is 59.7 Å². The van der Waals surface area contributed by atoms with E-state index in [4.69, 9.17) is 14.5 Å². The van der Waals surface area contributed by atoms with Crippen molar-refractivity contribution < 1.29 is 9.47 Å². The molecule has 1 aliphatic heterocycles. The Labute approximate surface area is 171 Å². The van der Waals surface area contributed by atoms with Crippen molar-refractivity contribution >= 4 is 29.9 Å². The van der Waals surface area contributed by atoms with E-state index in [0.717, 1.165) is 38.5 Å². The van der Waals surface area contributed by atoms with Gasteiger partial charge in [0.05, 0.1) is 13.2 Å². The molecule has 0 amide bonds. The molecule has 0 saturated carbocycles. The average molecular weight is 470 g/mol. The summed E-state index contributed by atoms with van der Waals surface area (Å²) >= 11 is 0. The van der Waals surface area contributed by atoms with Crippen LogP contribution in [0.15, 0.2) is 4.99 Å². The second-order valence-electron chi connectivity index (χ2n) is 6.33. The number of likely N-dealkylation sites (tertiary alicyclic amines) is 1. The Bertz CT molecular complexity index is 324. The molecule has 25 heavy (non-hydrogen) atoms. The van der Waals surface area contributed by atoms with Crippen LogP contribution in [0.25, 0.3) is 0 Å². The first-order chi connectivity index (χ1) is 11.8. The molecule has 1 aliphatic rings. The Morgan fingerprint density at radius 3 is 2.52 bits per heavy atom. The quantitative estimate of drug-likeness (QED) is 0.199. The van der Waals surface area contributed by atoms with Gasteiger partial charge >= 0.3 is 0 Å². The molecule has 1 fully saturated rings. The number of halogens is 1. The monoisotopic (exact) mass is 470 g/mol. The van der Waals surface area contributed by atoms with Gasteiger partial charge in [0.1, 0.15) is 0 Å². The van der Waals surface area contributed by atoms with Crippen LogP contribution in [0.1, 0.15) is 46.0 Å². The van der Waals surface area contributed by atoms with Crippen molar-refractivity contribution in [2.45, 2.75) is 52.0 Å². The van der Waals surface area contributed by atoms with Gasteiger partial charge in [-0.2, -0.15) is 0 Å². The number of unbranched alkanes of at least 4 members (excludes halogenated alkanes) is 1. The zero-order chi connectivity index (χ0) is 17.5. The SMILES string of the molecule is CCCN1CCC(NC(=NCCCCOCCOC)NCC)CC1.I. The van der Waals surface area contributed by atoms with E-state index in [-0.39, 0.29) is 24.0 Å². The average Bonchev–Trinajstić information content (AvgIpc) is 2.59. The molecule has 1 saturated heterocycles. The number of aliphatic imine (C=N–C) groups is 1. The summed E-state index contributed by atoms with van der Waals surface area (Å²) in [7, 11) is 1.70. The number of nitrogens with zero attached hydrogens (tertiary/aromatic N) is 2. The highest BCUT2D eigenvalue weighted by atomic mass is 127. The molecular weight excluding hydrogens is 431 g/mol. The van der Waals surface area contributed by atoms with E-state index in [0.29, 0.717) is 19.3 Å². The number of guanidine groups is 1. The molecule has 1 rings (SSSR count). The fourth-order valence-electron chi connectivity index (χ4n) is 2.88. The standard InChI is InChI=1S/C18H38N4O2.HI/c1-4-11-22-12-8-17(9-13-22)21-18(19-5-2)20-10-6-7-14-24-16-15-23-3;/h17H,4-16H2,1-3H3,(H2,19,20,21);1H. The van der Waals surface area contributed by atoms with E-state index in [1.807, 2.05) is 0 Å². The van der Waals surface area contributed by atoms with Gasteiger partial charge < -0.3 is 25.0 Å². The van der Waals surface area contributed by atoms with Gasteiger partial charge in [0.15, 0.2) is 5.96 Å². The Morgan fingerprint density at radius 1 is 1.12 bits per heavy atom. The summed E-state index contributed by atoms with van der Waals surface area (Å²) in [5.41, 5.74) is 0. The van der Waals surface area contributed by atoms with Gasteiger partial charge in [0.2, 0.25) is 0 Å². The van der Waals surface area contributed by atoms with Crippen molar-refractivity contribution in [3.8, 4) is 0 Å². The van der Waals surface area contributed by atoms with Gasteiger partial charge in [0.25, 0.3) is 0 Å². The number of piperidine rings is 1. The van der Waals surface area contributed by atoms with Crippen LogP contribution in [-0.4, -0.2) is 76.6 Å². The summed E-state index contributed by atoms with van der Waals surface area (Å²) in [6.45, 7) is 11.9. The maximum atomic E-state index is 5.47. The molecule has 0 bridgehead atoms. The van der Waals surface area contributed by atoms with Gasteiger partial charge in [-0.05, 0) is 45.6 Å². The van der Waals surface area contributed by atoms with E-state index in [1.54, 1.807) is 7.11 Å². The smallest absolute Gasteiger partial charge is 0.191 e. The van der Waals surface area contributed by atoms with Crippen LogP contribution in [0.5, 0.6) is 0 Å². The lowest BCUT2D eigenvalue weighted by Gasteiger charge is -2.32. The molecule has 6 nitrogen and oxygen atoms in total. The Hall–Kier alpha value is -0.120. The molecule has 2 N–H and O–H groups in total. The van der Waals surface area contributed by atoms with Gasteiger partial charge in [-0.15, -0.1) is 24.0 Å². The summed E-state index contributed by atoms with van der Waals surface area (Å²) < 4.78 is 10.4. The van der Waals surface area contributed by atoms with Crippen molar-refractivity contribution in [3.05, 3.63) is 0 Å². The van der Waals surface area contributed by atoms with Crippen LogP contribution >= 0.6 is 24.0 Å². The van der Waals surface area contributed by atoms with Gasteiger partial charge in [-0.25, -0.2) is 0 Å². The second-order valence-corrected chi connectivity index (χ2v) is 6.33. The topological polar surface area (TPSA) is 58.1 Å². The fourth-order valence-corrected chi connectivity index (χ4v) is 2.88. The molecule has 1 heterocycles. The predicted octanol–water partition coefficient (Wildman–Crippen LogP) is 2.48. The third kappa shape index (κ3) is 12.8. The lowest BCUT2D eigenvalue weighted by atomic mass is 10.1. The second kappa shape index (κ2) is 17.3. The summed E-state index contributed by atoms with van der Waals surface area (Å²) in [6, 6.07) is 0.549. The normalized spacial score (nSPS) is 16.5. The number of ether oxygens (including phenoxy) is 2. The van der Waals surface area contributed by atoms with Gasteiger partial charge in [-0.3, -0.25) is 4.99 Å². The van der Waals surface area contributed by atoms with Crippen molar-refractivity contribution in [1.82, 2.24) is 15.5 Å². The Kier molecular flexibility index (Phi) is 17.2. The molecule has 7 heteroatoms. The van der Waals surface area contributed by atoms with E-state index in [2.05, 4.69) is 29.4 Å². The van der Waals surface area contributed by atoms with Crippen LogP contribution < -0.4 is 10.6 Å². The lowest BCUT2D eigenvalue weighted by molar-refractivity contribution is 0.0690. The van der Waals surface area contributed by atoms with Crippen LogP contribution in [-0.2, 0) is 9.47 Å².